The third-order valence-electron chi connectivity index (χ3n) is 3.36. The molecule has 0 aliphatic carbocycles. The van der Waals surface area contributed by atoms with Gasteiger partial charge in [-0.1, -0.05) is 19.1 Å². The number of hydrogen-bond donors (Lipinski definition) is 1. The summed E-state index contributed by atoms with van der Waals surface area (Å²) in [5, 5.41) is 3.43. The van der Waals surface area contributed by atoms with Crippen LogP contribution in [0.4, 0.5) is 4.39 Å². The molecule has 1 aromatic carbocycles. The van der Waals surface area contributed by atoms with Crippen LogP contribution in [-0.2, 0) is 6.42 Å². The highest BCUT2D eigenvalue weighted by Crippen LogP contribution is 2.33. The van der Waals surface area contributed by atoms with Crippen molar-refractivity contribution in [2.45, 2.75) is 26.3 Å². The van der Waals surface area contributed by atoms with E-state index in [9.17, 15) is 4.39 Å². The van der Waals surface area contributed by atoms with E-state index in [2.05, 4.69) is 41.2 Å². The largest absolute Gasteiger partial charge is 0.494 e. The average Bonchev–Trinajstić information content (AvgIpc) is 2.80. The minimum absolute atomic E-state index is 0.103. The maximum Gasteiger partial charge on any atom is 0.168 e. The third-order valence-corrected chi connectivity index (χ3v) is 5.61. The number of benzene rings is 1. The fourth-order valence-corrected chi connectivity index (χ4v) is 3.91. The zero-order valence-electron chi connectivity index (χ0n) is 12.4. The SMILES string of the molecule is CCNC(Cc1cccc(OC)c1F)c1cc(C)c(Br)s1. The molecule has 0 saturated carbocycles. The van der Waals surface area contributed by atoms with Crippen molar-refractivity contribution in [2.75, 3.05) is 13.7 Å². The molecule has 1 heterocycles. The Morgan fingerprint density at radius 1 is 1.43 bits per heavy atom. The second kappa shape index (κ2) is 7.38. The van der Waals surface area contributed by atoms with Crippen LogP contribution < -0.4 is 10.1 Å². The normalized spacial score (nSPS) is 12.4. The Labute approximate surface area is 137 Å². The van der Waals surface area contributed by atoms with Crippen LogP contribution in [0.5, 0.6) is 5.75 Å². The summed E-state index contributed by atoms with van der Waals surface area (Å²) in [4.78, 5) is 1.21. The molecule has 0 aliphatic heterocycles. The summed E-state index contributed by atoms with van der Waals surface area (Å²) in [5.74, 6) is 0.0292. The molecule has 0 fully saturated rings. The predicted molar refractivity (Wildman–Crippen MR) is 89.8 cm³/mol. The molecule has 0 aliphatic rings. The maximum absolute atomic E-state index is 14.3. The van der Waals surface area contributed by atoms with Crippen LogP contribution in [0.1, 0.15) is 29.0 Å². The van der Waals surface area contributed by atoms with Gasteiger partial charge in [-0.25, -0.2) is 4.39 Å². The lowest BCUT2D eigenvalue weighted by Crippen LogP contribution is -2.22. The van der Waals surface area contributed by atoms with E-state index in [-0.39, 0.29) is 11.9 Å². The number of aryl methyl sites for hydroxylation is 1. The summed E-state index contributed by atoms with van der Waals surface area (Å²) in [6.45, 7) is 4.97. The number of thiophene rings is 1. The summed E-state index contributed by atoms with van der Waals surface area (Å²) in [6.07, 6.45) is 0.600. The van der Waals surface area contributed by atoms with Gasteiger partial charge in [-0.15, -0.1) is 11.3 Å². The first-order chi connectivity index (χ1) is 10.1. The summed E-state index contributed by atoms with van der Waals surface area (Å²) < 4.78 is 20.5. The van der Waals surface area contributed by atoms with Gasteiger partial charge in [0.25, 0.3) is 0 Å². The number of rotatable bonds is 6. The molecule has 2 aromatic rings. The minimum Gasteiger partial charge on any atom is -0.494 e. The molecular formula is C16H19BrFNOS. The summed E-state index contributed by atoms with van der Waals surface area (Å²) >= 11 is 5.25. The van der Waals surface area contributed by atoms with Gasteiger partial charge in [0, 0.05) is 10.9 Å². The first kappa shape index (κ1) is 16.5. The Kier molecular flexibility index (Phi) is 5.79. The molecular weight excluding hydrogens is 353 g/mol. The Balaban J connectivity index is 2.28. The van der Waals surface area contributed by atoms with E-state index < -0.39 is 0 Å². The molecule has 1 aromatic heterocycles. The average molecular weight is 372 g/mol. The Hall–Kier alpha value is -0.910. The predicted octanol–water partition coefficient (Wildman–Crippen LogP) is 4.86. The van der Waals surface area contributed by atoms with E-state index in [1.165, 1.54) is 17.6 Å². The van der Waals surface area contributed by atoms with Crippen molar-refractivity contribution < 1.29 is 9.13 Å². The van der Waals surface area contributed by atoms with Gasteiger partial charge in [0.1, 0.15) is 0 Å². The summed E-state index contributed by atoms with van der Waals surface area (Å²) in [7, 11) is 1.49. The number of nitrogens with one attached hydrogen (secondary N) is 1. The number of methoxy groups -OCH3 is 1. The van der Waals surface area contributed by atoms with Crippen molar-refractivity contribution in [3.8, 4) is 5.75 Å². The molecule has 1 unspecified atom stereocenters. The topological polar surface area (TPSA) is 21.3 Å². The molecule has 0 radical (unpaired) electrons. The van der Waals surface area contributed by atoms with Crippen LogP contribution in [0.2, 0.25) is 0 Å². The lowest BCUT2D eigenvalue weighted by atomic mass is 10.0. The molecule has 1 N–H and O–H groups in total. The molecule has 0 bridgehead atoms. The standard InChI is InChI=1S/C16H19BrFNOS/c1-4-19-12(14-8-10(2)16(17)21-14)9-11-6-5-7-13(20-3)15(11)18/h5-8,12,19H,4,9H2,1-3H3. The van der Waals surface area contributed by atoms with Gasteiger partial charge in [0.05, 0.1) is 10.9 Å². The van der Waals surface area contributed by atoms with Gasteiger partial charge in [0.2, 0.25) is 0 Å². The number of likely N-dealkylation sites (N-methyl/N-ethyl adjacent to an activating group) is 1. The second-order valence-corrected chi connectivity index (χ2v) is 7.25. The number of halogens is 2. The van der Waals surface area contributed by atoms with E-state index in [1.807, 2.05) is 12.1 Å². The number of hydrogen-bond acceptors (Lipinski definition) is 3. The maximum atomic E-state index is 14.3. The molecule has 114 valence electrons. The fourth-order valence-electron chi connectivity index (χ4n) is 2.27. The lowest BCUT2D eigenvalue weighted by Gasteiger charge is -2.17. The zero-order chi connectivity index (χ0) is 15.4. The molecule has 0 amide bonds. The van der Waals surface area contributed by atoms with Crippen LogP contribution >= 0.6 is 27.3 Å². The van der Waals surface area contributed by atoms with Crippen molar-refractivity contribution in [3.63, 3.8) is 0 Å². The first-order valence-electron chi connectivity index (χ1n) is 6.87. The van der Waals surface area contributed by atoms with E-state index in [1.54, 1.807) is 17.4 Å². The van der Waals surface area contributed by atoms with Crippen molar-refractivity contribution in [2.24, 2.45) is 0 Å². The molecule has 2 nitrogen and oxygen atoms in total. The van der Waals surface area contributed by atoms with Crippen LogP contribution in [0.15, 0.2) is 28.1 Å². The molecule has 21 heavy (non-hydrogen) atoms. The van der Waals surface area contributed by atoms with Crippen molar-refractivity contribution in [3.05, 3.63) is 49.9 Å². The van der Waals surface area contributed by atoms with Crippen molar-refractivity contribution in [1.29, 1.82) is 0 Å². The molecule has 1 atom stereocenters. The first-order valence-corrected chi connectivity index (χ1v) is 8.48. The Morgan fingerprint density at radius 2 is 2.19 bits per heavy atom. The monoisotopic (exact) mass is 371 g/mol. The molecule has 5 heteroatoms. The smallest absolute Gasteiger partial charge is 0.168 e. The summed E-state index contributed by atoms with van der Waals surface area (Å²) in [6, 6.07) is 7.55. The van der Waals surface area contributed by atoms with Crippen molar-refractivity contribution >= 4 is 27.3 Å². The summed E-state index contributed by atoms with van der Waals surface area (Å²) in [5.41, 5.74) is 1.88. The highest BCUT2D eigenvalue weighted by Gasteiger charge is 2.18. The zero-order valence-corrected chi connectivity index (χ0v) is 14.8. The van der Waals surface area contributed by atoms with E-state index in [4.69, 9.17) is 4.74 Å². The van der Waals surface area contributed by atoms with E-state index in [0.29, 0.717) is 17.7 Å². The van der Waals surface area contributed by atoms with Gasteiger partial charge >= 0.3 is 0 Å². The third kappa shape index (κ3) is 3.84. The van der Waals surface area contributed by atoms with Crippen LogP contribution in [0, 0.1) is 12.7 Å². The number of ether oxygens (including phenoxy) is 1. The van der Waals surface area contributed by atoms with Gasteiger partial charge < -0.3 is 10.1 Å². The highest BCUT2D eigenvalue weighted by molar-refractivity contribution is 9.11. The van der Waals surface area contributed by atoms with E-state index >= 15 is 0 Å². The van der Waals surface area contributed by atoms with E-state index in [0.717, 1.165) is 10.3 Å². The van der Waals surface area contributed by atoms with Gasteiger partial charge in [-0.05, 0) is 59.1 Å². The second-order valence-electron chi connectivity index (χ2n) is 4.85. The lowest BCUT2D eigenvalue weighted by molar-refractivity contribution is 0.382. The molecule has 0 saturated heterocycles. The fraction of sp³-hybridized carbons (Fsp3) is 0.375. The Morgan fingerprint density at radius 3 is 2.76 bits per heavy atom. The van der Waals surface area contributed by atoms with Gasteiger partial charge in [0.15, 0.2) is 11.6 Å². The molecule has 0 spiro atoms. The molecule has 2 rings (SSSR count). The Bertz CT molecular complexity index is 595. The van der Waals surface area contributed by atoms with Gasteiger partial charge in [-0.2, -0.15) is 0 Å². The minimum atomic E-state index is -0.268. The van der Waals surface area contributed by atoms with Crippen LogP contribution in [0.25, 0.3) is 0 Å². The quantitative estimate of drug-likeness (QED) is 0.782. The van der Waals surface area contributed by atoms with Crippen molar-refractivity contribution in [1.82, 2.24) is 5.32 Å². The van der Waals surface area contributed by atoms with Crippen LogP contribution in [0.3, 0.4) is 0 Å². The van der Waals surface area contributed by atoms with Gasteiger partial charge in [-0.3, -0.25) is 0 Å². The highest BCUT2D eigenvalue weighted by atomic mass is 79.9. The van der Waals surface area contributed by atoms with Crippen LogP contribution in [-0.4, -0.2) is 13.7 Å².